The van der Waals surface area contributed by atoms with E-state index in [0.717, 1.165) is 50.1 Å². The SMILES string of the molecule is CCCn1ncc(OC)c1C1(O)CCCC(CC)C1. The van der Waals surface area contributed by atoms with E-state index < -0.39 is 5.60 Å². The van der Waals surface area contributed by atoms with Crippen LogP contribution in [0.2, 0.25) is 0 Å². The van der Waals surface area contributed by atoms with Gasteiger partial charge in [-0.25, -0.2) is 0 Å². The Morgan fingerprint density at radius 1 is 1.53 bits per heavy atom. The molecule has 2 rings (SSSR count). The highest BCUT2D eigenvalue weighted by Crippen LogP contribution is 2.44. The maximum atomic E-state index is 11.1. The average molecular weight is 266 g/mol. The van der Waals surface area contributed by atoms with Gasteiger partial charge >= 0.3 is 0 Å². The molecule has 1 saturated carbocycles. The van der Waals surface area contributed by atoms with Crippen LogP contribution in [0.4, 0.5) is 0 Å². The number of rotatable bonds is 5. The molecule has 1 aliphatic rings. The van der Waals surface area contributed by atoms with Gasteiger partial charge in [-0.05, 0) is 31.6 Å². The number of methoxy groups -OCH3 is 1. The zero-order valence-corrected chi connectivity index (χ0v) is 12.4. The molecule has 0 aliphatic heterocycles. The van der Waals surface area contributed by atoms with Crippen LogP contribution in [0.15, 0.2) is 6.20 Å². The van der Waals surface area contributed by atoms with E-state index in [1.807, 2.05) is 4.68 Å². The van der Waals surface area contributed by atoms with Gasteiger partial charge in [-0.15, -0.1) is 0 Å². The summed E-state index contributed by atoms with van der Waals surface area (Å²) >= 11 is 0. The molecule has 0 radical (unpaired) electrons. The van der Waals surface area contributed by atoms with Crippen LogP contribution < -0.4 is 4.74 Å². The molecule has 1 N–H and O–H groups in total. The lowest BCUT2D eigenvalue weighted by atomic mass is 9.75. The number of aryl methyl sites for hydroxylation is 1. The van der Waals surface area contributed by atoms with Crippen LogP contribution in [0, 0.1) is 5.92 Å². The Labute approximate surface area is 115 Å². The molecule has 1 heterocycles. The highest BCUT2D eigenvalue weighted by Gasteiger charge is 2.40. The Kier molecular flexibility index (Phi) is 4.50. The summed E-state index contributed by atoms with van der Waals surface area (Å²) in [6, 6.07) is 0. The topological polar surface area (TPSA) is 47.3 Å². The molecule has 1 aliphatic carbocycles. The largest absolute Gasteiger partial charge is 0.493 e. The molecule has 0 amide bonds. The van der Waals surface area contributed by atoms with Gasteiger partial charge in [0.25, 0.3) is 0 Å². The molecule has 1 aromatic rings. The molecule has 2 unspecified atom stereocenters. The minimum atomic E-state index is -0.768. The van der Waals surface area contributed by atoms with Crippen LogP contribution in [0.25, 0.3) is 0 Å². The summed E-state index contributed by atoms with van der Waals surface area (Å²) in [5.41, 5.74) is 0.116. The van der Waals surface area contributed by atoms with Gasteiger partial charge in [-0.3, -0.25) is 4.68 Å². The predicted octanol–water partition coefficient (Wildman–Crippen LogP) is 3.09. The molecule has 108 valence electrons. The fraction of sp³-hybridized carbons (Fsp3) is 0.800. The molecular formula is C15H26N2O2. The van der Waals surface area contributed by atoms with Crippen LogP contribution in [-0.4, -0.2) is 22.0 Å². The number of hydrogen-bond donors (Lipinski definition) is 1. The van der Waals surface area contributed by atoms with Crippen LogP contribution in [-0.2, 0) is 12.1 Å². The van der Waals surface area contributed by atoms with Gasteiger partial charge in [0, 0.05) is 6.54 Å². The van der Waals surface area contributed by atoms with Gasteiger partial charge in [0.05, 0.1) is 13.3 Å². The average Bonchev–Trinajstić information content (AvgIpc) is 2.83. The fourth-order valence-electron chi connectivity index (χ4n) is 3.30. The van der Waals surface area contributed by atoms with E-state index in [1.54, 1.807) is 13.3 Å². The standard InChI is InChI=1S/C15H26N2O2/c1-4-9-17-14(13(19-3)11-16-17)15(18)8-6-7-12(5-2)10-15/h11-12,18H,4-10H2,1-3H3. The van der Waals surface area contributed by atoms with Crippen molar-refractivity contribution in [2.24, 2.45) is 5.92 Å². The summed E-state index contributed by atoms with van der Waals surface area (Å²) in [4.78, 5) is 0. The van der Waals surface area contributed by atoms with Crippen molar-refractivity contribution in [3.8, 4) is 5.75 Å². The highest BCUT2D eigenvalue weighted by atomic mass is 16.5. The lowest BCUT2D eigenvalue weighted by Gasteiger charge is -2.37. The third-order valence-electron chi connectivity index (χ3n) is 4.31. The summed E-state index contributed by atoms with van der Waals surface area (Å²) in [5.74, 6) is 1.33. The molecule has 0 saturated heterocycles. The van der Waals surface area contributed by atoms with Gasteiger partial charge in [0.1, 0.15) is 11.3 Å². The molecule has 0 aromatic carbocycles. The molecule has 19 heavy (non-hydrogen) atoms. The second kappa shape index (κ2) is 5.95. The highest BCUT2D eigenvalue weighted by molar-refractivity contribution is 5.31. The molecule has 4 nitrogen and oxygen atoms in total. The summed E-state index contributed by atoms with van der Waals surface area (Å²) in [6.07, 6.45) is 7.82. The first kappa shape index (κ1) is 14.4. The van der Waals surface area contributed by atoms with Crippen LogP contribution in [0.5, 0.6) is 5.75 Å². The fourth-order valence-corrected chi connectivity index (χ4v) is 3.30. The molecule has 0 spiro atoms. The van der Waals surface area contributed by atoms with E-state index in [9.17, 15) is 5.11 Å². The zero-order chi connectivity index (χ0) is 13.9. The minimum Gasteiger partial charge on any atom is -0.493 e. The molecule has 1 fully saturated rings. The van der Waals surface area contributed by atoms with E-state index in [0.29, 0.717) is 5.92 Å². The van der Waals surface area contributed by atoms with Crippen molar-refractivity contribution in [3.05, 3.63) is 11.9 Å². The Morgan fingerprint density at radius 3 is 2.95 bits per heavy atom. The van der Waals surface area contributed by atoms with Crippen molar-refractivity contribution in [1.29, 1.82) is 0 Å². The van der Waals surface area contributed by atoms with Crippen molar-refractivity contribution in [1.82, 2.24) is 9.78 Å². The summed E-state index contributed by atoms with van der Waals surface area (Å²) in [6.45, 7) is 5.16. The lowest BCUT2D eigenvalue weighted by Crippen LogP contribution is -2.35. The first-order chi connectivity index (χ1) is 9.14. The molecule has 1 aromatic heterocycles. The molecular weight excluding hydrogens is 240 g/mol. The quantitative estimate of drug-likeness (QED) is 0.891. The van der Waals surface area contributed by atoms with E-state index in [4.69, 9.17) is 4.74 Å². The van der Waals surface area contributed by atoms with Gasteiger partial charge in [0.15, 0.2) is 5.75 Å². The molecule has 0 bridgehead atoms. The Morgan fingerprint density at radius 2 is 2.32 bits per heavy atom. The number of aromatic nitrogens is 2. The Balaban J connectivity index is 2.34. The third kappa shape index (κ3) is 2.78. The number of ether oxygens (including phenoxy) is 1. The monoisotopic (exact) mass is 266 g/mol. The Bertz CT molecular complexity index is 416. The minimum absolute atomic E-state index is 0.605. The summed E-state index contributed by atoms with van der Waals surface area (Å²) in [7, 11) is 1.65. The number of hydrogen-bond acceptors (Lipinski definition) is 3. The first-order valence-electron chi connectivity index (χ1n) is 7.47. The number of aliphatic hydroxyl groups is 1. The van der Waals surface area contributed by atoms with E-state index in [1.165, 1.54) is 6.42 Å². The van der Waals surface area contributed by atoms with Crippen molar-refractivity contribution in [2.75, 3.05) is 7.11 Å². The zero-order valence-electron chi connectivity index (χ0n) is 12.4. The van der Waals surface area contributed by atoms with Gasteiger partial charge < -0.3 is 9.84 Å². The Hall–Kier alpha value is -1.03. The van der Waals surface area contributed by atoms with Gasteiger partial charge in [-0.2, -0.15) is 5.10 Å². The normalized spacial score (nSPS) is 27.5. The predicted molar refractivity (Wildman–Crippen MR) is 75.2 cm³/mol. The second-order valence-electron chi connectivity index (χ2n) is 5.69. The van der Waals surface area contributed by atoms with Crippen molar-refractivity contribution in [2.45, 2.75) is 64.5 Å². The molecule has 2 atom stereocenters. The van der Waals surface area contributed by atoms with Gasteiger partial charge in [-0.1, -0.05) is 26.7 Å². The number of nitrogens with zero attached hydrogens (tertiary/aromatic N) is 2. The smallest absolute Gasteiger partial charge is 0.162 e. The maximum absolute atomic E-state index is 11.1. The van der Waals surface area contributed by atoms with E-state index in [2.05, 4.69) is 18.9 Å². The van der Waals surface area contributed by atoms with Crippen molar-refractivity contribution in [3.63, 3.8) is 0 Å². The lowest BCUT2D eigenvalue weighted by molar-refractivity contribution is -0.0308. The summed E-state index contributed by atoms with van der Waals surface area (Å²) < 4.78 is 7.34. The molecule has 4 heteroatoms. The third-order valence-corrected chi connectivity index (χ3v) is 4.31. The van der Waals surface area contributed by atoms with Crippen LogP contribution in [0.3, 0.4) is 0 Å². The second-order valence-corrected chi connectivity index (χ2v) is 5.69. The van der Waals surface area contributed by atoms with Crippen molar-refractivity contribution < 1.29 is 9.84 Å². The van der Waals surface area contributed by atoms with E-state index in [-0.39, 0.29) is 0 Å². The van der Waals surface area contributed by atoms with Gasteiger partial charge in [0.2, 0.25) is 0 Å². The van der Waals surface area contributed by atoms with Crippen molar-refractivity contribution >= 4 is 0 Å². The van der Waals surface area contributed by atoms with Crippen LogP contribution >= 0.6 is 0 Å². The van der Waals surface area contributed by atoms with Crippen LogP contribution in [0.1, 0.15) is 58.1 Å². The summed E-state index contributed by atoms with van der Waals surface area (Å²) in [5, 5.41) is 15.5. The van der Waals surface area contributed by atoms with E-state index >= 15 is 0 Å². The maximum Gasteiger partial charge on any atom is 0.162 e. The first-order valence-corrected chi connectivity index (χ1v) is 7.47.